The minimum Gasteiger partial charge on any atom is -0.486 e. The summed E-state index contributed by atoms with van der Waals surface area (Å²) in [5.74, 6) is 1.70. The molecule has 0 saturated carbocycles. The summed E-state index contributed by atoms with van der Waals surface area (Å²) in [4.78, 5) is 24.3. The van der Waals surface area contributed by atoms with Crippen LogP contribution in [0.5, 0.6) is 11.5 Å². The van der Waals surface area contributed by atoms with Gasteiger partial charge in [0.05, 0.1) is 11.8 Å². The number of benzene rings is 1. The summed E-state index contributed by atoms with van der Waals surface area (Å²) in [5.41, 5.74) is 0.723. The zero-order valence-electron chi connectivity index (χ0n) is 16.4. The Balaban J connectivity index is 1.66. The highest BCUT2D eigenvalue weighted by Gasteiger charge is 2.22. The van der Waals surface area contributed by atoms with Gasteiger partial charge in [0.25, 0.3) is 0 Å². The van der Waals surface area contributed by atoms with E-state index in [0.29, 0.717) is 30.7 Å². The molecule has 0 bridgehead atoms. The molecule has 3 rings (SSSR count). The van der Waals surface area contributed by atoms with Gasteiger partial charge in [0.1, 0.15) is 13.2 Å². The monoisotopic (exact) mass is 406 g/mol. The number of thioether (sulfide) groups is 1. The van der Waals surface area contributed by atoms with E-state index in [1.165, 1.54) is 11.8 Å². The van der Waals surface area contributed by atoms with Crippen LogP contribution in [0.15, 0.2) is 28.2 Å². The first-order valence-corrected chi connectivity index (χ1v) is 10.4. The second-order valence-corrected chi connectivity index (χ2v) is 7.89. The Morgan fingerprint density at radius 1 is 1.32 bits per heavy atom. The first-order valence-electron chi connectivity index (χ1n) is 9.46. The SMILES string of the molecule is CCCn1c(SCC(=O)N[C@H](c2ccc3c(c2)OCCO3)C(C)C)n[nH]c1=O. The van der Waals surface area contributed by atoms with E-state index in [1.54, 1.807) is 4.57 Å². The van der Waals surface area contributed by atoms with Crippen molar-refractivity contribution in [2.24, 2.45) is 5.92 Å². The van der Waals surface area contributed by atoms with Crippen LogP contribution in [0.4, 0.5) is 0 Å². The lowest BCUT2D eigenvalue weighted by atomic mass is 9.95. The fourth-order valence-corrected chi connectivity index (χ4v) is 3.85. The maximum Gasteiger partial charge on any atom is 0.343 e. The average Bonchev–Trinajstić information content (AvgIpc) is 3.04. The number of H-pyrrole nitrogens is 1. The summed E-state index contributed by atoms with van der Waals surface area (Å²) in [6, 6.07) is 5.62. The van der Waals surface area contributed by atoms with Gasteiger partial charge in [0.2, 0.25) is 5.91 Å². The molecule has 0 radical (unpaired) electrons. The topological polar surface area (TPSA) is 98.2 Å². The summed E-state index contributed by atoms with van der Waals surface area (Å²) < 4.78 is 12.8. The van der Waals surface area contributed by atoms with Crippen molar-refractivity contribution >= 4 is 17.7 Å². The van der Waals surface area contributed by atoms with Crippen LogP contribution in [0.1, 0.15) is 38.8 Å². The van der Waals surface area contributed by atoms with E-state index >= 15 is 0 Å². The van der Waals surface area contributed by atoms with Gasteiger partial charge in [-0.15, -0.1) is 5.10 Å². The number of ether oxygens (including phenoxy) is 2. The highest BCUT2D eigenvalue weighted by atomic mass is 32.2. The second-order valence-electron chi connectivity index (χ2n) is 6.94. The van der Waals surface area contributed by atoms with E-state index < -0.39 is 0 Å². The zero-order valence-corrected chi connectivity index (χ0v) is 17.2. The summed E-state index contributed by atoms with van der Waals surface area (Å²) in [6.07, 6.45) is 0.818. The van der Waals surface area contributed by atoms with Gasteiger partial charge in [0, 0.05) is 6.54 Å². The van der Waals surface area contributed by atoms with Gasteiger partial charge in [-0.3, -0.25) is 9.36 Å². The molecular formula is C19H26N4O4S. The summed E-state index contributed by atoms with van der Waals surface area (Å²) >= 11 is 1.25. The van der Waals surface area contributed by atoms with Crippen LogP contribution in [-0.2, 0) is 11.3 Å². The summed E-state index contributed by atoms with van der Waals surface area (Å²) in [6.45, 7) is 7.74. The number of hydrogen-bond donors (Lipinski definition) is 2. The quantitative estimate of drug-likeness (QED) is 0.653. The lowest BCUT2D eigenvalue weighted by Gasteiger charge is -2.25. The van der Waals surface area contributed by atoms with Crippen molar-refractivity contribution < 1.29 is 14.3 Å². The summed E-state index contributed by atoms with van der Waals surface area (Å²) in [5, 5.41) is 10.1. The highest BCUT2D eigenvalue weighted by Crippen LogP contribution is 2.34. The van der Waals surface area contributed by atoms with E-state index in [9.17, 15) is 9.59 Å². The number of nitrogens with one attached hydrogen (secondary N) is 2. The predicted octanol–water partition coefficient (Wildman–Crippen LogP) is 2.36. The Bertz CT molecular complexity index is 877. The third-order valence-corrected chi connectivity index (χ3v) is 5.39. The number of rotatable bonds is 8. The molecule has 28 heavy (non-hydrogen) atoms. The van der Waals surface area contributed by atoms with E-state index in [-0.39, 0.29) is 29.3 Å². The van der Waals surface area contributed by atoms with Crippen LogP contribution in [-0.4, -0.2) is 39.6 Å². The van der Waals surface area contributed by atoms with Crippen molar-refractivity contribution in [2.75, 3.05) is 19.0 Å². The number of amides is 1. The van der Waals surface area contributed by atoms with Crippen molar-refractivity contribution in [3.05, 3.63) is 34.2 Å². The summed E-state index contributed by atoms with van der Waals surface area (Å²) in [7, 11) is 0. The van der Waals surface area contributed by atoms with Crippen LogP contribution in [0, 0.1) is 5.92 Å². The van der Waals surface area contributed by atoms with Crippen molar-refractivity contribution in [1.29, 1.82) is 0 Å². The molecular weight excluding hydrogens is 380 g/mol. The molecule has 1 atom stereocenters. The molecule has 9 heteroatoms. The van der Waals surface area contributed by atoms with Gasteiger partial charge in [0.15, 0.2) is 16.7 Å². The van der Waals surface area contributed by atoms with Crippen molar-refractivity contribution in [1.82, 2.24) is 20.1 Å². The largest absolute Gasteiger partial charge is 0.486 e. The Labute approximate surface area is 168 Å². The molecule has 0 unspecified atom stereocenters. The molecule has 1 aliphatic rings. The minimum absolute atomic E-state index is 0.114. The predicted molar refractivity (Wildman–Crippen MR) is 107 cm³/mol. The Kier molecular flexibility index (Phi) is 6.66. The van der Waals surface area contributed by atoms with E-state index in [4.69, 9.17) is 9.47 Å². The van der Waals surface area contributed by atoms with Gasteiger partial charge < -0.3 is 14.8 Å². The van der Waals surface area contributed by atoms with Crippen molar-refractivity contribution in [2.45, 2.75) is 44.9 Å². The molecule has 2 heterocycles. The van der Waals surface area contributed by atoms with E-state index in [0.717, 1.165) is 17.7 Å². The molecule has 152 valence electrons. The molecule has 1 aromatic heterocycles. The van der Waals surface area contributed by atoms with Crippen molar-refractivity contribution in [3.8, 4) is 11.5 Å². The van der Waals surface area contributed by atoms with Crippen LogP contribution in [0.2, 0.25) is 0 Å². The number of aromatic nitrogens is 3. The number of hydrogen-bond acceptors (Lipinski definition) is 6. The van der Waals surface area contributed by atoms with Crippen LogP contribution in [0.3, 0.4) is 0 Å². The lowest BCUT2D eigenvalue weighted by molar-refractivity contribution is -0.119. The van der Waals surface area contributed by atoms with Gasteiger partial charge in [-0.25, -0.2) is 9.89 Å². The molecule has 2 aromatic rings. The molecule has 1 aliphatic heterocycles. The standard InChI is InChI=1S/C19H26N4O4S/c1-4-7-23-18(25)21-22-19(23)28-11-16(24)20-17(12(2)3)13-5-6-14-15(10-13)27-9-8-26-14/h5-6,10,12,17H,4,7-9,11H2,1-3H3,(H,20,24)(H,21,25)/t17-/m0/s1. The third-order valence-electron chi connectivity index (χ3n) is 4.41. The zero-order chi connectivity index (χ0) is 20.1. The number of carbonyl (C=O) groups is 1. The smallest absolute Gasteiger partial charge is 0.343 e. The molecule has 0 spiro atoms. The Hall–Kier alpha value is -2.42. The van der Waals surface area contributed by atoms with E-state index in [2.05, 4.69) is 29.4 Å². The maximum absolute atomic E-state index is 12.6. The number of nitrogens with zero attached hydrogens (tertiary/aromatic N) is 2. The Morgan fingerprint density at radius 2 is 2.07 bits per heavy atom. The Morgan fingerprint density at radius 3 is 2.79 bits per heavy atom. The molecule has 0 fully saturated rings. The lowest BCUT2D eigenvalue weighted by Crippen LogP contribution is -2.33. The third kappa shape index (κ3) is 4.70. The van der Waals surface area contributed by atoms with Crippen LogP contribution in [0.25, 0.3) is 0 Å². The molecule has 1 aromatic carbocycles. The molecule has 0 saturated heterocycles. The molecule has 2 N–H and O–H groups in total. The van der Waals surface area contributed by atoms with Gasteiger partial charge in [-0.05, 0) is 30.0 Å². The van der Waals surface area contributed by atoms with Gasteiger partial charge in [-0.1, -0.05) is 38.6 Å². The molecule has 8 nitrogen and oxygen atoms in total. The normalized spacial score (nSPS) is 14.1. The average molecular weight is 407 g/mol. The van der Waals surface area contributed by atoms with Crippen molar-refractivity contribution in [3.63, 3.8) is 0 Å². The van der Waals surface area contributed by atoms with E-state index in [1.807, 2.05) is 25.1 Å². The maximum atomic E-state index is 12.6. The van der Waals surface area contributed by atoms with Crippen LogP contribution >= 0.6 is 11.8 Å². The number of carbonyl (C=O) groups excluding carboxylic acids is 1. The number of fused-ring (bicyclic) bond motifs is 1. The van der Waals surface area contributed by atoms with Crippen LogP contribution < -0.4 is 20.5 Å². The first kappa shape index (κ1) is 20.3. The minimum atomic E-state index is -0.249. The molecule has 0 aliphatic carbocycles. The highest BCUT2D eigenvalue weighted by molar-refractivity contribution is 7.99. The molecule has 1 amide bonds. The second kappa shape index (κ2) is 9.18. The fourth-order valence-electron chi connectivity index (χ4n) is 3.07. The fraction of sp³-hybridized carbons (Fsp3) is 0.526. The van der Waals surface area contributed by atoms with Gasteiger partial charge >= 0.3 is 5.69 Å². The number of aromatic amines is 1. The van der Waals surface area contributed by atoms with Gasteiger partial charge in [-0.2, -0.15) is 0 Å². The first-order chi connectivity index (χ1) is 13.5.